The average molecular weight is 385 g/mol. The number of thiophene rings is 1. The van der Waals surface area contributed by atoms with Crippen molar-refractivity contribution >= 4 is 33.2 Å². The van der Waals surface area contributed by atoms with Crippen LogP contribution >= 0.6 is 27.3 Å². The maximum Gasteiger partial charge on any atom is 0.227 e. The molecule has 1 aliphatic rings. The van der Waals surface area contributed by atoms with Crippen molar-refractivity contribution in [3.63, 3.8) is 0 Å². The Morgan fingerprint density at radius 3 is 3.23 bits per heavy atom. The van der Waals surface area contributed by atoms with Crippen molar-refractivity contribution in [2.75, 3.05) is 13.1 Å². The first-order chi connectivity index (χ1) is 10.7. The molecule has 1 fully saturated rings. The molecule has 1 unspecified atom stereocenters. The normalized spacial score (nSPS) is 18.3. The molecule has 0 spiro atoms. The Morgan fingerprint density at radius 2 is 2.50 bits per heavy atom. The van der Waals surface area contributed by atoms with Crippen LogP contribution in [0.5, 0.6) is 0 Å². The van der Waals surface area contributed by atoms with Crippen LogP contribution in [0.1, 0.15) is 25.2 Å². The topological polar surface area (TPSA) is 80.0 Å². The van der Waals surface area contributed by atoms with Crippen LogP contribution in [0.3, 0.4) is 0 Å². The van der Waals surface area contributed by atoms with Crippen LogP contribution in [-0.4, -0.2) is 35.2 Å². The number of hydrogen-bond acceptors (Lipinski definition) is 6. The van der Waals surface area contributed by atoms with E-state index in [1.54, 1.807) is 11.3 Å². The summed E-state index contributed by atoms with van der Waals surface area (Å²) in [5, 5.41) is 12.2. The van der Waals surface area contributed by atoms with Gasteiger partial charge in [0.15, 0.2) is 0 Å². The molecule has 3 rings (SSSR count). The number of aromatic nitrogens is 2. The Balaban J connectivity index is 1.49. The lowest BCUT2D eigenvalue weighted by atomic mass is 10.1. The van der Waals surface area contributed by atoms with Crippen LogP contribution in [0.2, 0.25) is 0 Å². The van der Waals surface area contributed by atoms with Crippen molar-refractivity contribution in [2.45, 2.75) is 31.7 Å². The van der Waals surface area contributed by atoms with Crippen LogP contribution in [0.4, 0.5) is 0 Å². The van der Waals surface area contributed by atoms with Gasteiger partial charge in [0.2, 0.25) is 17.6 Å². The van der Waals surface area contributed by atoms with E-state index in [2.05, 4.69) is 36.7 Å². The van der Waals surface area contributed by atoms with E-state index >= 15 is 0 Å². The van der Waals surface area contributed by atoms with Gasteiger partial charge in [0.25, 0.3) is 0 Å². The molecule has 0 aromatic carbocycles. The van der Waals surface area contributed by atoms with Gasteiger partial charge in [-0.05, 0) is 41.4 Å². The molecule has 1 saturated heterocycles. The summed E-state index contributed by atoms with van der Waals surface area (Å²) in [5.41, 5.74) is 0. The maximum atomic E-state index is 11.9. The lowest BCUT2D eigenvalue weighted by Crippen LogP contribution is -2.45. The van der Waals surface area contributed by atoms with E-state index in [9.17, 15) is 4.79 Å². The fraction of sp³-hybridized carbons (Fsp3) is 0.500. The van der Waals surface area contributed by atoms with Crippen molar-refractivity contribution in [2.24, 2.45) is 0 Å². The molecule has 6 nitrogen and oxygen atoms in total. The summed E-state index contributed by atoms with van der Waals surface area (Å²) in [6.45, 7) is 1.89. The third-order valence-electron chi connectivity index (χ3n) is 3.48. The van der Waals surface area contributed by atoms with Gasteiger partial charge in [-0.2, -0.15) is 4.98 Å². The van der Waals surface area contributed by atoms with E-state index in [4.69, 9.17) is 4.52 Å². The van der Waals surface area contributed by atoms with Gasteiger partial charge in [-0.1, -0.05) is 5.16 Å². The van der Waals surface area contributed by atoms with Gasteiger partial charge in [0, 0.05) is 35.3 Å². The summed E-state index contributed by atoms with van der Waals surface area (Å²) < 4.78 is 6.21. The third-order valence-corrected chi connectivity index (χ3v) is 5.17. The number of carbonyl (C=O) groups is 1. The second-order valence-corrected chi connectivity index (χ2v) is 7.08. The van der Waals surface area contributed by atoms with Crippen LogP contribution in [0.25, 0.3) is 10.7 Å². The molecule has 2 aromatic heterocycles. The van der Waals surface area contributed by atoms with Crippen LogP contribution in [0.15, 0.2) is 20.4 Å². The van der Waals surface area contributed by atoms with Gasteiger partial charge in [-0.3, -0.25) is 4.79 Å². The van der Waals surface area contributed by atoms with Gasteiger partial charge in [0.1, 0.15) is 0 Å². The predicted octanol–water partition coefficient (Wildman–Crippen LogP) is 2.36. The number of aryl methyl sites for hydroxylation is 1. The second-order valence-electron chi connectivity index (χ2n) is 5.25. The van der Waals surface area contributed by atoms with Gasteiger partial charge >= 0.3 is 0 Å². The minimum atomic E-state index is 0.0346. The molecule has 22 heavy (non-hydrogen) atoms. The fourth-order valence-corrected chi connectivity index (χ4v) is 3.73. The Bertz CT molecular complexity index is 636. The van der Waals surface area contributed by atoms with E-state index in [-0.39, 0.29) is 11.9 Å². The Morgan fingerprint density at radius 1 is 1.59 bits per heavy atom. The molecule has 1 amide bonds. The Kier molecular flexibility index (Phi) is 5.22. The molecule has 0 aliphatic carbocycles. The first kappa shape index (κ1) is 15.6. The largest absolute Gasteiger partial charge is 0.352 e. The van der Waals surface area contributed by atoms with Gasteiger partial charge < -0.3 is 15.2 Å². The summed E-state index contributed by atoms with van der Waals surface area (Å²) in [6.07, 6.45) is 2.98. The lowest BCUT2D eigenvalue weighted by Gasteiger charge is -2.23. The second kappa shape index (κ2) is 7.34. The van der Waals surface area contributed by atoms with Crippen LogP contribution < -0.4 is 10.6 Å². The molecule has 118 valence electrons. The SMILES string of the molecule is O=C(CCc1nc(-c2cc(Br)cs2)no1)NC1CCCNC1. The van der Waals surface area contributed by atoms with Gasteiger partial charge in [0.05, 0.1) is 4.88 Å². The van der Waals surface area contributed by atoms with E-state index in [1.807, 2.05) is 11.4 Å². The smallest absolute Gasteiger partial charge is 0.227 e. The van der Waals surface area contributed by atoms with Crippen LogP contribution in [-0.2, 0) is 11.2 Å². The Labute approximate surface area is 140 Å². The zero-order chi connectivity index (χ0) is 15.4. The number of rotatable bonds is 5. The predicted molar refractivity (Wildman–Crippen MR) is 87.7 cm³/mol. The van der Waals surface area contributed by atoms with Crippen molar-refractivity contribution in [1.82, 2.24) is 20.8 Å². The minimum Gasteiger partial charge on any atom is -0.352 e. The number of piperidine rings is 1. The molecule has 0 radical (unpaired) electrons. The molecule has 0 saturated carbocycles. The van der Waals surface area contributed by atoms with Crippen molar-refractivity contribution < 1.29 is 9.32 Å². The van der Waals surface area contributed by atoms with Gasteiger partial charge in [-0.15, -0.1) is 11.3 Å². The number of amides is 1. The highest BCUT2D eigenvalue weighted by atomic mass is 79.9. The summed E-state index contributed by atoms with van der Waals surface area (Å²) in [4.78, 5) is 17.2. The first-order valence-electron chi connectivity index (χ1n) is 7.28. The Hall–Kier alpha value is -1.25. The van der Waals surface area contributed by atoms with E-state index < -0.39 is 0 Å². The molecule has 1 aliphatic heterocycles. The number of nitrogens with zero attached hydrogens (tertiary/aromatic N) is 2. The third kappa shape index (κ3) is 4.15. The number of halogens is 1. The number of hydrogen-bond donors (Lipinski definition) is 2. The first-order valence-corrected chi connectivity index (χ1v) is 8.95. The summed E-state index contributed by atoms with van der Waals surface area (Å²) in [6, 6.07) is 2.19. The van der Waals surface area contributed by atoms with Crippen molar-refractivity contribution in [3.05, 3.63) is 21.8 Å². The van der Waals surface area contributed by atoms with E-state index in [0.717, 1.165) is 35.3 Å². The minimum absolute atomic E-state index is 0.0346. The van der Waals surface area contributed by atoms with E-state index in [0.29, 0.717) is 24.6 Å². The van der Waals surface area contributed by atoms with Crippen molar-refractivity contribution in [1.29, 1.82) is 0 Å². The van der Waals surface area contributed by atoms with Crippen molar-refractivity contribution in [3.8, 4) is 10.7 Å². The number of carbonyl (C=O) groups excluding carboxylic acids is 1. The quantitative estimate of drug-likeness (QED) is 0.826. The highest BCUT2D eigenvalue weighted by molar-refractivity contribution is 9.10. The standard InChI is InChI=1S/C14H17BrN4O2S/c15-9-6-11(22-8-9)14-18-13(21-19-14)4-3-12(20)17-10-2-1-5-16-7-10/h6,8,10,16H,1-5,7H2,(H,17,20). The molecule has 3 heterocycles. The zero-order valence-electron chi connectivity index (χ0n) is 12.0. The molecule has 2 N–H and O–H groups in total. The van der Waals surface area contributed by atoms with E-state index in [1.165, 1.54) is 0 Å². The highest BCUT2D eigenvalue weighted by Crippen LogP contribution is 2.27. The summed E-state index contributed by atoms with van der Waals surface area (Å²) in [5.74, 6) is 1.10. The molecule has 1 atom stereocenters. The molecule has 8 heteroatoms. The van der Waals surface area contributed by atoms with Crippen LogP contribution in [0, 0.1) is 0 Å². The molecular formula is C14H17BrN4O2S. The molecule has 2 aromatic rings. The lowest BCUT2D eigenvalue weighted by molar-refractivity contribution is -0.121. The zero-order valence-corrected chi connectivity index (χ0v) is 14.4. The summed E-state index contributed by atoms with van der Waals surface area (Å²) in [7, 11) is 0. The highest BCUT2D eigenvalue weighted by Gasteiger charge is 2.16. The monoisotopic (exact) mass is 384 g/mol. The molecule has 0 bridgehead atoms. The summed E-state index contributed by atoms with van der Waals surface area (Å²) >= 11 is 4.94. The average Bonchev–Trinajstić information content (AvgIpc) is 3.15. The fourth-order valence-electron chi connectivity index (χ4n) is 2.38. The maximum absolute atomic E-state index is 11.9. The van der Waals surface area contributed by atoms with Gasteiger partial charge in [-0.25, -0.2) is 0 Å². The number of nitrogens with one attached hydrogen (secondary N) is 2. The molecular weight excluding hydrogens is 368 g/mol.